The highest BCUT2D eigenvalue weighted by Crippen LogP contribution is 2.50. The van der Waals surface area contributed by atoms with Crippen molar-refractivity contribution in [3.63, 3.8) is 0 Å². The number of nitrogens with one attached hydrogen (secondary N) is 1. The van der Waals surface area contributed by atoms with E-state index in [9.17, 15) is 27.9 Å². The molecule has 7 atom stereocenters. The summed E-state index contributed by atoms with van der Waals surface area (Å²) in [6.07, 6.45) is -2.38. The van der Waals surface area contributed by atoms with Gasteiger partial charge in [-0.05, 0) is 53.9 Å². The summed E-state index contributed by atoms with van der Waals surface area (Å²) in [5.41, 5.74) is -0.356. The topological polar surface area (TPSA) is 88.1 Å². The number of hydrogen-bond acceptors (Lipinski definition) is 5. The molecule has 42 heavy (non-hydrogen) atoms. The molecule has 0 bridgehead atoms. The van der Waals surface area contributed by atoms with Gasteiger partial charge in [0.25, 0.3) is 5.91 Å². The van der Waals surface area contributed by atoms with Crippen LogP contribution in [0.3, 0.4) is 0 Å². The van der Waals surface area contributed by atoms with Crippen LogP contribution in [0.2, 0.25) is 0 Å². The van der Waals surface area contributed by atoms with Crippen molar-refractivity contribution in [2.75, 3.05) is 13.7 Å². The first kappa shape index (κ1) is 30.4. The van der Waals surface area contributed by atoms with Gasteiger partial charge in [0.15, 0.2) is 0 Å². The first-order valence-electron chi connectivity index (χ1n) is 14.5. The lowest BCUT2D eigenvalue weighted by atomic mass is 9.72. The summed E-state index contributed by atoms with van der Waals surface area (Å²) >= 11 is 0. The van der Waals surface area contributed by atoms with E-state index in [-0.39, 0.29) is 29.7 Å². The number of carbonyl (C=O) groups excluding carboxylic acids is 1. The summed E-state index contributed by atoms with van der Waals surface area (Å²) in [5, 5.41) is 14.1. The van der Waals surface area contributed by atoms with Gasteiger partial charge in [0.05, 0.1) is 25.3 Å². The largest absolute Gasteiger partial charge is 0.496 e. The number of carboxylic acids is 1. The highest BCUT2D eigenvalue weighted by molar-refractivity contribution is 5.88. The number of ether oxygens (including phenoxy) is 2. The number of fused-ring (bicyclic) bond motifs is 1. The number of likely N-dealkylation sites (tertiary alicyclic amines) is 1. The van der Waals surface area contributed by atoms with Gasteiger partial charge in [-0.3, -0.25) is 4.79 Å². The number of alkyl halides is 3. The molecule has 1 aliphatic carbocycles. The van der Waals surface area contributed by atoms with E-state index < -0.39 is 53.3 Å². The molecule has 2 saturated heterocycles. The third kappa shape index (κ3) is 5.63. The second kappa shape index (κ2) is 11.5. The summed E-state index contributed by atoms with van der Waals surface area (Å²) < 4.78 is 52.2. The predicted octanol–water partition coefficient (Wildman–Crippen LogP) is 5.69. The van der Waals surface area contributed by atoms with Crippen molar-refractivity contribution in [1.82, 2.24) is 10.2 Å². The van der Waals surface area contributed by atoms with Crippen LogP contribution in [0.25, 0.3) is 0 Å². The lowest BCUT2D eigenvalue weighted by molar-refractivity contribution is -0.157. The molecule has 2 N–H and O–H groups in total. The highest BCUT2D eigenvalue weighted by Gasteiger charge is 2.60. The van der Waals surface area contributed by atoms with Gasteiger partial charge in [-0.2, -0.15) is 13.2 Å². The third-order valence-corrected chi connectivity index (χ3v) is 9.29. The molecule has 0 radical (unpaired) electrons. The maximum Gasteiger partial charge on any atom is 0.416 e. The van der Waals surface area contributed by atoms with E-state index in [1.807, 2.05) is 51.1 Å². The monoisotopic (exact) mass is 588 g/mol. The maximum absolute atomic E-state index is 14.4. The smallest absolute Gasteiger partial charge is 0.416 e. The van der Waals surface area contributed by atoms with E-state index >= 15 is 0 Å². The Labute approximate surface area is 244 Å². The van der Waals surface area contributed by atoms with E-state index in [0.717, 1.165) is 37.0 Å². The van der Waals surface area contributed by atoms with Crippen molar-refractivity contribution < 1.29 is 37.3 Å². The number of halogens is 3. The molecule has 1 amide bonds. The maximum atomic E-state index is 14.4. The molecule has 0 spiro atoms. The van der Waals surface area contributed by atoms with Gasteiger partial charge in [-0.25, -0.2) is 4.79 Å². The van der Waals surface area contributed by atoms with Gasteiger partial charge in [0.2, 0.25) is 0 Å². The Hall–Kier alpha value is -3.11. The minimum atomic E-state index is -4.54. The SMILES string of the molecule is COc1ccc(C(F)(F)F)cc1CN[C@H]1[C@H](C(C)(C)C)[C@@H](C(=O)O)N(C(=O)C2OC[C@@H]3CCC[C@H]23)[C@H]1c1ccccc1. The molecule has 2 aliphatic heterocycles. The summed E-state index contributed by atoms with van der Waals surface area (Å²) in [4.78, 5) is 29.0. The molecule has 0 aromatic heterocycles. The average Bonchev–Trinajstić information content (AvgIpc) is 3.64. The Morgan fingerprint density at radius 1 is 1.10 bits per heavy atom. The van der Waals surface area contributed by atoms with Crippen molar-refractivity contribution >= 4 is 11.9 Å². The van der Waals surface area contributed by atoms with Crippen molar-refractivity contribution in [3.8, 4) is 5.75 Å². The zero-order valence-corrected chi connectivity index (χ0v) is 24.4. The van der Waals surface area contributed by atoms with Gasteiger partial charge >= 0.3 is 12.1 Å². The number of rotatable bonds is 7. The molecule has 2 aromatic carbocycles. The number of carbonyl (C=O) groups is 2. The van der Waals surface area contributed by atoms with Crippen molar-refractivity contribution in [2.24, 2.45) is 23.2 Å². The zero-order valence-electron chi connectivity index (χ0n) is 24.4. The predicted molar refractivity (Wildman–Crippen MR) is 150 cm³/mol. The summed E-state index contributed by atoms with van der Waals surface area (Å²) in [6, 6.07) is 10.1. The van der Waals surface area contributed by atoms with Gasteiger partial charge in [-0.15, -0.1) is 0 Å². The van der Waals surface area contributed by atoms with Crippen LogP contribution < -0.4 is 10.1 Å². The van der Waals surface area contributed by atoms with Gasteiger partial charge in [-0.1, -0.05) is 57.5 Å². The quantitative estimate of drug-likeness (QED) is 0.433. The molecule has 1 saturated carbocycles. The first-order valence-corrected chi connectivity index (χ1v) is 14.5. The van der Waals surface area contributed by atoms with E-state index in [0.29, 0.717) is 12.5 Å². The van der Waals surface area contributed by atoms with Gasteiger partial charge in [0.1, 0.15) is 17.9 Å². The Bertz CT molecular complexity index is 1300. The van der Waals surface area contributed by atoms with Crippen LogP contribution in [0.5, 0.6) is 5.75 Å². The Morgan fingerprint density at radius 2 is 1.81 bits per heavy atom. The number of benzene rings is 2. The fourth-order valence-corrected chi connectivity index (χ4v) is 7.47. The molecule has 3 aliphatic rings. The Balaban J connectivity index is 1.58. The lowest BCUT2D eigenvalue weighted by Gasteiger charge is -2.35. The molecule has 5 rings (SSSR count). The Morgan fingerprint density at radius 3 is 2.43 bits per heavy atom. The van der Waals surface area contributed by atoms with Crippen LogP contribution in [0.4, 0.5) is 13.2 Å². The second-order valence-electron chi connectivity index (χ2n) is 12.8. The fourth-order valence-electron chi connectivity index (χ4n) is 7.47. The molecule has 2 aromatic rings. The fraction of sp³-hybridized carbons (Fsp3) is 0.562. The molecule has 2 heterocycles. The summed E-state index contributed by atoms with van der Waals surface area (Å²) in [7, 11) is 1.39. The number of methoxy groups -OCH3 is 1. The average molecular weight is 589 g/mol. The zero-order chi connectivity index (χ0) is 30.4. The van der Waals surface area contributed by atoms with Crippen LogP contribution in [0.1, 0.15) is 62.8 Å². The minimum Gasteiger partial charge on any atom is -0.496 e. The van der Waals surface area contributed by atoms with Crippen LogP contribution in [-0.4, -0.2) is 53.8 Å². The third-order valence-electron chi connectivity index (χ3n) is 9.29. The highest BCUT2D eigenvalue weighted by atomic mass is 19.4. The number of amides is 1. The van der Waals surface area contributed by atoms with Gasteiger partial charge in [0, 0.05) is 24.1 Å². The molecule has 228 valence electrons. The summed E-state index contributed by atoms with van der Waals surface area (Å²) in [5.74, 6) is -1.40. The standard InChI is InChI=1S/C32H39F3N2O5/c1-31(2,3)24-25(36-16-20-15-21(32(33,34)35)13-14-23(20)41-4)26(18-9-6-5-7-10-18)37(27(24)30(39)40)29(38)28-22-12-8-11-19(22)17-42-28/h5-7,9-10,13-15,19,22,24-28,36H,8,11-12,16-17H2,1-4H3,(H,39,40)/t19-,22-,24-,25-,26-,27-,28?/m0/s1. The van der Waals surface area contributed by atoms with E-state index in [1.54, 1.807) is 0 Å². The molecule has 1 unspecified atom stereocenters. The number of aliphatic carboxylic acids is 1. The lowest BCUT2D eigenvalue weighted by Crippen LogP contribution is -2.51. The number of nitrogens with zero attached hydrogens (tertiary/aromatic N) is 1. The van der Waals surface area contributed by atoms with E-state index in [4.69, 9.17) is 9.47 Å². The first-order chi connectivity index (χ1) is 19.8. The van der Waals surface area contributed by atoms with Crippen LogP contribution in [-0.2, 0) is 27.0 Å². The number of hydrogen-bond donors (Lipinski definition) is 2. The van der Waals surface area contributed by atoms with Crippen molar-refractivity contribution in [2.45, 2.75) is 77.0 Å². The Kier molecular flexibility index (Phi) is 8.33. The number of carboxylic acid groups (broad SMARTS) is 1. The van der Waals surface area contributed by atoms with E-state index in [1.165, 1.54) is 18.1 Å². The summed E-state index contributed by atoms with van der Waals surface area (Å²) in [6.45, 7) is 6.27. The van der Waals surface area contributed by atoms with Gasteiger partial charge < -0.3 is 24.8 Å². The van der Waals surface area contributed by atoms with E-state index in [2.05, 4.69) is 5.32 Å². The normalized spacial score (nSPS) is 29.5. The molecule has 7 nitrogen and oxygen atoms in total. The molecule has 3 fully saturated rings. The van der Waals surface area contributed by atoms with Crippen LogP contribution in [0.15, 0.2) is 48.5 Å². The molecule has 10 heteroatoms. The van der Waals surface area contributed by atoms with Crippen molar-refractivity contribution in [1.29, 1.82) is 0 Å². The van der Waals surface area contributed by atoms with Crippen LogP contribution >= 0.6 is 0 Å². The second-order valence-corrected chi connectivity index (χ2v) is 12.8. The molecular weight excluding hydrogens is 549 g/mol. The molecular formula is C32H39F3N2O5. The van der Waals surface area contributed by atoms with Crippen molar-refractivity contribution in [3.05, 3.63) is 65.2 Å². The van der Waals surface area contributed by atoms with Crippen LogP contribution in [0, 0.1) is 23.2 Å². The minimum absolute atomic E-state index is 0.0212.